The van der Waals surface area contributed by atoms with E-state index in [1.807, 2.05) is 11.6 Å². The van der Waals surface area contributed by atoms with E-state index in [0.29, 0.717) is 17.2 Å². The lowest BCUT2D eigenvalue weighted by atomic mass is 9.99. The lowest BCUT2D eigenvalue weighted by molar-refractivity contribution is -0.138. The number of nitrogens with zero attached hydrogens (tertiary/aromatic N) is 4. The zero-order chi connectivity index (χ0) is 27.5. The van der Waals surface area contributed by atoms with Gasteiger partial charge in [0.1, 0.15) is 17.8 Å². The molecule has 0 saturated carbocycles. The van der Waals surface area contributed by atoms with Crippen LogP contribution in [0.1, 0.15) is 72.6 Å². The van der Waals surface area contributed by atoms with Crippen molar-refractivity contribution in [3.05, 3.63) is 76.4 Å². The molecule has 1 aromatic heterocycles. The summed E-state index contributed by atoms with van der Waals surface area (Å²) in [6, 6.07) is 8.59. The second-order valence-electron chi connectivity index (χ2n) is 9.79. The average Bonchev–Trinajstić information content (AvgIpc) is 3.40. The van der Waals surface area contributed by atoms with Crippen LogP contribution in [-0.4, -0.2) is 20.7 Å². The van der Waals surface area contributed by atoms with Gasteiger partial charge in [-0.3, -0.25) is 4.79 Å². The maximum absolute atomic E-state index is 14.2. The monoisotopic (exact) mass is 538 g/mol. The highest BCUT2D eigenvalue weighted by molar-refractivity contribution is 6.17. The van der Waals surface area contributed by atoms with Crippen molar-refractivity contribution < 1.29 is 22.4 Å². The molecule has 1 amide bonds. The Morgan fingerprint density at radius 1 is 1.14 bits per heavy atom. The molecule has 0 radical (unpaired) electrons. The molecule has 4 rings (SSSR count). The third-order valence-electron chi connectivity index (χ3n) is 6.44. The molecule has 1 unspecified atom stereocenters. The van der Waals surface area contributed by atoms with Crippen molar-refractivity contribution in [3.63, 3.8) is 0 Å². The van der Waals surface area contributed by atoms with E-state index in [0.717, 1.165) is 18.3 Å². The van der Waals surface area contributed by atoms with E-state index in [1.54, 1.807) is 24.5 Å². The van der Waals surface area contributed by atoms with Crippen LogP contribution >= 0.6 is 11.6 Å². The van der Waals surface area contributed by atoms with Gasteiger partial charge >= 0.3 is 6.18 Å². The van der Waals surface area contributed by atoms with E-state index >= 15 is 0 Å². The summed E-state index contributed by atoms with van der Waals surface area (Å²) in [5, 5.41) is 7.84. The van der Waals surface area contributed by atoms with Crippen LogP contribution in [0.2, 0.25) is 0 Å². The van der Waals surface area contributed by atoms with Crippen molar-refractivity contribution in [2.45, 2.75) is 64.8 Å². The molecular formula is C27H31ClF4N4O. The smallest absolute Gasteiger partial charge is 0.321 e. The van der Waals surface area contributed by atoms with Gasteiger partial charge in [0.2, 0.25) is 0 Å². The minimum Gasteiger partial charge on any atom is -0.321 e. The first-order valence-electron chi connectivity index (χ1n) is 12.0. The quantitative estimate of drug-likeness (QED) is 0.246. The van der Waals surface area contributed by atoms with Crippen LogP contribution in [0.15, 0.2) is 42.7 Å². The number of hydrogen-bond acceptors (Lipinski definition) is 3. The Balaban J connectivity index is 0.000000289. The van der Waals surface area contributed by atoms with E-state index in [9.17, 15) is 22.4 Å². The number of carbonyl (C=O) groups is 1. The topological polar surface area (TPSA) is 51.0 Å². The summed E-state index contributed by atoms with van der Waals surface area (Å²) in [6.07, 6.45) is -0.608. The molecule has 0 aliphatic carbocycles. The first kappa shape index (κ1) is 28.6. The first-order chi connectivity index (χ1) is 17.3. The van der Waals surface area contributed by atoms with E-state index in [1.165, 1.54) is 37.3 Å². The van der Waals surface area contributed by atoms with Crippen molar-refractivity contribution in [3.8, 4) is 0 Å². The Morgan fingerprint density at radius 2 is 1.84 bits per heavy atom. The third-order valence-corrected chi connectivity index (χ3v) is 6.75. The predicted octanol–water partition coefficient (Wildman–Crippen LogP) is 7.21. The van der Waals surface area contributed by atoms with Crippen molar-refractivity contribution in [1.82, 2.24) is 14.8 Å². The molecule has 0 bridgehead atoms. The Bertz CT molecular complexity index is 1250. The van der Waals surface area contributed by atoms with Gasteiger partial charge in [-0.1, -0.05) is 32.4 Å². The van der Waals surface area contributed by atoms with Crippen LogP contribution in [-0.2, 0) is 37.7 Å². The number of halogens is 5. The fraction of sp³-hybridized carbons (Fsp3) is 0.444. The molecule has 2 aromatic carbocycles. The zero-order valence-electron chi connectivity index (χ0n) is 21.5. The summed E-state index contributed by atoms with van der Waals surface area (Å²) < 4.78 is 56.4. The van der Waals surface area contributed by atoms with Gasteiger partial charge in [0.05, 0.1) is 12.1 Å². The van der Waals surface area contributed by atoms with Gasteiger partial charge in [-0.05, 0) is 60.7 Å². The molecule has 0 N–H and O–H groups in total. The number of carbonyl (C=O) groups excluding carboxylic acids is 1. The lowest BCUT2D eigenvalue weighted by Crippen LogP contribution is -2.23. The number of anilines is 1. The fourth-order valence-corrected chi connectivity index (χ4v) is 4.15. The maximum Gasteiger partial charge on any atom is 0.416 e. The molecule has 1 atom stereocenters. The van der Waals surface area contributed by atoms with E-state index in [-0.39, 0.29) is 29.1 Å². The molecule has 1 aliphatic heterocycles. The standard InChI is InChI=1S/C19H16ClF4NO.C8H15N3/c1-18(2,21)12-4-3-5-13(8-12)25-10-15-14(17(25)26)6-11(9-20)7-16(15)19(22,23)24;1-4-7(2)5-8-10-9-6-11(8)3/h3-8H,9-10H2,1-2H3;6-7H,4-5H2,1-3H3. The molecule has 0 fully saturated rings. The third kappa shape index (κ3) is 6.69. The van der Waals surface area contributed by atoms with Crippen LogP contribution in [0, 0.1) is 5.92 Å². The first-order valence-corrected chi connectivity index (χ1v) is 12.5. The summed E-state index contributed by atoms with van der Waals surface area (Å²) >= 11 is 5.69. The summed E-state index contributed by atoms with van der Waals surface area (Å²) in [6.45, 7) is 6.96. The number of fused-ring (bicyclic) bond motifs is 1. The van der Waals surface area contributed by atoms with E-state index in [2.05, 4.69) is 24.0 Å². The zero-order valence-corrected chi connectivity index (χ0v) is 22.3. The van der Waals surface area contributed by atoms with Gasteiger partial charge in [-0.15, -0.1) is 21.8 Å². The molecule has 5 nitrogen and oxygen atoms in total. The Labute approximate surface area is 219 Å². The second-order valence-corrected chi connectivity index (χ2v) is 10.1. The Morgan fingerprint density at radius 3 is 2.38 bits per heavy atom. The maximum atomic E-state index is 14.2. The number of aromatic nitrogens is 3. The minimum absolute atomic E-state index is 0.0135. The summed E-state index contributed by atoms with van der Waals surface area (Å²) in [7, 11) is 1.98. The van der Waals surface area contributed by atoms with Crippen molar-refractivity contribution in [2.24, 2.45) is 13.0 Å². The SMILES string of the molecule is CC(C)(F)c1cccc(N2Cc3c(cc(CCl)cc3C(F)(F)F)C2=O)c1.CCC(C)Cc1nncn1C. The predicted molar refractivity (Wildman–Crippen MR) is 136 cm³/mol. The van der Waals surface area contributed by atoms with E-state index in [4.69, 9.17) is 11.6 Å². The van der Waals surface area contributed by atoms with Crippen LogP contribution < -0.4 is 4.90 Å². The van der Waals surface area contributed by atoms with Gasteiger partial charge in [0.15, 0.2) is 0 Å². The van der Waals surface area contributed by atoms with Crippen LogP contribution in [0.25, 0.3) is 0 Å². The molecule has 1 aliphatic rings. The molecule has 3 aromatic rings. The average molecular weight is 539 g/mol. The highest BCUT2D eigenvalue weighted by atomic mass is 35.5. The van der Waals surface area contributed by atoms with Gasteiger partial charge in [-0.2, -0.15) is 13.2 Å². The van der Waals surface area contributed by atoms with Gasteiger partial charge < -0.3 is 9.47 Å². The lowest BCUT2D eigenvalue weighted by Gasteiger charge is -2.20. The van der Waals surface area contributed by atoms with Crippen LogP contribution in [0.5, 0.6) is 0 Å². The highest BCUT2D eigenvalue weighted by Crippen LogP contribution is 2.40. The molecule has 0 saturated heterocycles. The molecular weight excluding hydrogens is 508 g/mol. The van der Waals surface area contributed by atoms with Gasteiger partial charge in [-0.25, -0.2) is 4.39 Å². The molecule has 0 spiro atoms. The highest BCUT2D eigenvalue weighted by Gasteiger charge is 2.40. The number of aryl methyl sites for hydroxylation is 1. The molecule has 2 heterocycles. The molecule has 200 valence electrons. The number of benzene rings is 2. The van der Waals surface area contributed by atoms with Crippen molar-refractivity contribution in [1.29, 1.82) is 0 Å². The number of amides is 1. The summed E-state index contributed by atoms with van der Waals surface area (Å²) in [5.41, 5.74) is -1.66. The summed E-state index contributed by atoms with van der Waals surface area (Å²) in [5.74, 6) is 1.11. The Kier molecular flexibility index (Phi) is 8.67. The molecule has 37 heavy (non-hydrogen) atoms. The minimum atomic E-state index is -4.59. The second kappa shape index (κ2) is 11.2. The summed E-state index contributed by atoms with van der Waals surface area (Å²) in [4.78, 5) is 14.0. The largest absolute Gasteiger partial charge is 0.416 e. The fourth-order valence-electron chi connectivity index (χ4n) is 4.00. The number of rotatable bonds is 6. The van der Waals surface area contributed by atoms with Crippen molar-refractivity contribution in [2.75, 3.05) is 4.90 Å². The van der Waals surface area contributed by atoms with Crippen LogP contribution in [0.3, 0.4) is 0 Å². The van der Waals surface area contributed by atoms with Gasteiger partial charge in [0, 0.05) is 30.6 Å². The van der Waals surface area contributed by atoms with Gasteiger partial charge in [0.25, 0.3) is 5.91 Å². The van der Waals surface area contributed by atoms with Crippen molar-refractivity contribution >= 4 is 23.2 Å². The molecule has 10 heteroatoms. The normalized spacial score (nSPS) is 14.3. The van der Waals surface area contributed by atoms with E-state index < -0.39 is 23.3 Å². The number of alkyl halides is 5. The Hall–Kier alpha value is -2.94. The van der Waals surface area contributed by atoms with Crippen LogP contribution in [0.4, 0.5) is 23.2 Å². The number of hydrogen-bond donors (Lipinski definition) is 0.